The van der Waals surface area contributed by atoms with Crippen LogP contribution in [0.15, 0.2) is 77.7 Å². The summed E-state index contributed by atoms with van der Waals surface area (Å²) in [7, 11) is -0.815. The molecule has 0 saturated carbocycles. The van der Waals surface area contributed by atoms with E-state index in [1.54, 1.807) is 32.4 Å². The zero-order valence-electron chi connectivity index (χ0n) is 20.7. The molecule has 0 fully saturated rings. The third-order valence-electron chi connectivity index (χ3n) is 5.50. The fourth-order valence-corrected chi connectivity index (χ4v) is 4.86. The van der Waals surface area contributed by atoms with Gasteiger partial charge in [0, 0.05) is 6.54 Å². The average Bonchev–Trinajstić information content (AvgIpc) is 2.89. The highest BCUT2D eigenvalue weighted by atomic mass is 32.2. The predicted octanol–water partition coefficient (Wildman–Crippen LogP) is 3.35. The van der Waals surface area contributed by atoms with E-state index < -0.39 is 22.0 Å². The molecule has 36 heavy (non-hydrogen) atoms. The Kier molecular flexibility index (Phi) is 9.72. The number of sulfonamides is 1. The van der Waals surface area contributed by atoms with Crippen LogP contribution in [-0.4, -0.2) is 47.7 Å². The minimum Gasteiger partial charge on any atom is -0.494 e. The predicted molar refractivity (Wildman–Crippen MR) is 138 cm³/mol. The first kappa shape index (κ1) is 27.0. The number of hydrogen-bond donors (Lipinski definition) is 2. The molecule has 0 aliphatic heterocycles. The second kappa shape index (κ2) is 12.9. The SMILES string of the molecule is CCOc1ccc(S(=O)(=O)N[C@H](Cc2ccccc2)C(=O)NCCc2ccc(OC)c(OC)c2)cc1. The summed E-state index contributed by atoms with van der Waals surface area (Å²) in [6.07, 6.45) is 0.745. The molecule has 0 aliphatic carbocycles. The van der Waals surface area contributed by atoms with Crippen LogP contribution in [-0.2, 0) is 27.7 Å². The summed E-state index contributed by atoms with van der Waals surface area (Å²) < 4.78 is 44.7. The van der Waals surface area contributed by atoms with Crippen LogP contribution in [0.3, 0.4) is 0 Å². The molecule has 0 saturated heterocycles. The highest BCUT2D eigenvalue weighted by molar-refractivity contribution is 7.89. The van der Waals surface area contributed by atoms with Gasteiger partial charge in [0.05, 0.1) is 25.7 Å². The first-order valence-corrected chi connectivity index (χ1v) is 13.1. The Balaban J connectivity index is 1.71. The number of carbonyl (C=O) groups excluding carboxylic acids is 1. The van der Waals surface area contributed by atoms with Crippen molar-refractivity contribution in [3.05, 3.63) is 83.9 Å². The van der Waals surface area contributed by atoms with E-state index in [0.717, 1.165) is 11.1 Å². The lowest BCUT2D eigenvalue weighted by Crippen LogP contribution is -2.48. The molecule has 0 spiro atoms. The molecule has 0 aromatic heterocycles. The van der Waals surface area contributed by atoms with Gasteiger partial charge in [0.25, 0.3) is 0 Å². The molecule has 0 heterocycles. The topological polar surface area (TPSA) is 103 Å². The van der Waals surface area contributed by atoms with Crippen molar-refractivity contribution in [1.82, 2.24) is 10.0 Å². The number of amides is 1. The molecule has 0 aliphatic rings. The number of rotatable bonds is 13. The smallest absolute Gasteiger partial charge is 0.241 e. The highest BCUT2D eigenvalue weighted by Gasteiger charge is 2.26. The molecule has 9 heteroatoms. The van der Waals surface area contributed by atoms with Crippen molar-refractivity contribution in [3.63, 3.8) is 0 Å². The van der Waals surface area contributed by atoms with Crippen LogP contribution in [0.2, 0.25) is 0 Å². The largest absolute Gasteiger partial charge is 0.494 e. The van der Waals surface area contributed by atoms with E-state index in [0.29, 0.717) is 36.8 Å². The van der Waals surface area contributed by atoms with Crippen molar-refractivity contribution in [3.8, 4) is 17.2 Å². The number of nitrogens with one attached hydrogen (secondary N) is 2. The van der Waals surface area contributed by atoms with Crippen LogP contribution in [0, 0.1) is 0 Å². The van der Waals surface area contributed by atoms with Crippen LogP contribution in [0.25, 0.3) is 0 Å². The van der Waals surface area contributed by atoms with Crippen molar-refractivity contribution in [2.75, 3.05) is 27.4 Å². The molecule has 0 radical (unpaired) electrons. The molecule has 1 atom stereocenters. The summed E-state index contributed by atoms with van der Waals surface area (Å²) in [5.41, 5.74) is 1.79. The number of methoxy groups -OCH3 is 2. The Morgan fingerprint density at radius 3 is 2.22 bits per heavy atom. The Morgan fingerprint density at radius 2 is 1.58 bits per heavy atom. The standard InChI is InChI=1S/C27H32N2O6S/c1-4-35-22-11-13-23(14-12-22)36(31,32)29-24(18-20-8-6-5-7-9-20)27(30)28-17-16-21-10-15-25(33-2)26(19-21)34-3/h5-15,19,24,29H,4,16-18H2,1-3H3,(H,28,30)/t24-/m1/s1. The fourth-order valence-electron chi connectivity index (χ4n) is 3.66. The van der Waals surface area contributed by atoms with Gasteiger partial charge in [-0.15, -0.1) is 0 Å². The van der Waals surface area contributed by atoms with E-state index in [-0.39, 0.29) is 11.3 Å². The number of benzene rings is 3. The third-order valence-corrected chi connectivity index (χ3v) is 6.99. The van der Waals surface area contributed by atoms with Crippen molar-refractivity contribution >= 4 is 15.9 Å². The molecule has 1 amide bonds. The lowest BCUT2D eigenvalue weighted by atomic mass is 10.1. The molecule has 0 bridgehead atoms. The van der Waals surface area contributed by atoms with Gasteiger partial charge in [-0.05, 0) is 67.3 Å². The summed E-state index contributed by atoms with van der Waals surface area (Å²) in [6, 6.07) is 19.9. The lowest BCUT2D eigenvalue weighted by molar-refractivity contribution is -0.122. The van der Waals surface area contributed by atoms with Gasteiger partial charge in [-0.25, -0.2) is 8.42 Å². The van der Waals surface area contributed by atoms with Crippen molar-refractivity contribution < 1.29 is 27.4 Å². The Hall–Kier alpha value is -3.56. The minimum absolute atomic E-state index is 0.0575. The highest BCUT2D eigenvalue weighted by Crippen LogP contribution is 2.27. The maximum absolute atomic E-state index is 13.1. The van der Waals surface area contributed by atoms with Crippen LogP contribution in [0.1, 0.15) is 18.1 Å². The van der Waals surface area contributed by atoms with Gasteiger partial charge in [0.15, 0.2) is 11.5 Å². The second-order valence-electron chi connectivity index (χ2n) is 8.00. The van der Waals surface area contributed by atoms with Gasteiger partial charge in [-0.2, -0.15) is 4.72 Å². The Bertz CT molecular complexity index is 1230. The summed E-state index contributed by atoms with van der Waals surface area (Å²) in [6.45, 7) is 2.65. The molecular formula is C27H32N2O6S. The zero-order valence-corrected chi connectivity index (χ0v) is 21.5. The van der Waals surface area contributed by atoms with Crippen LogP contribution in [0.4, 0.5) is 0 Å². The monoisotopic (exact) mass is 512 g/mol. The molecule has 3 aromatic rings. The van der Waals surface area contributed by atoms with Crippen molar-refractivity contribution in [2.45, 2.75) is 30.7 Å². The lowest BCUT2D eigenvalue weighted by Gasteiger charge is -2.19. The molecule has 0 unspecified atom stereocenters. The van der Waals surface area contributed by atoms with Crippen LogP contribution < -0.4 is 24.2 Å². The maximum atomic E-state index is 13.1. The summed E-state index contributed by atoms with van der Waals surface area (Å²) >= 11 is 0. The molecule has 3 aromatic carbocycles. The van der Waals surface area contributed by atoms with Gasteiger partial charge >= 0.3 is 0 Å². The summed E-state index contributed by atoms with van der Waals surface area (Å²) in [4.78, 5) is 13.2. The van der Waals surface area contributed by atoms with Gasteiger partial charge in [-0.1, -0.05) is 36.4 Å². The quantitative estimate of drug-likeness (QED) is 0.364. The molecule has 192 valence electrons. The van der Waals surface area contributed by atoms with Gasteiger partial charge in [-0.3, -0.25) is 4.79 Å². The van der Waals surface area contributed by atoms with Gasteiger partial charge < -0.3 is 19.5 Å². The maximum Gasteiger partial charge on any atom is 0.241 e. The third kappa shape index (κ3) is 7.47. The van der Waals surface area contributed by atoms with E-state index in [1.165, 1.54) is 12.1 Å². The van der Waals surface area contributed by atoms with E-state index >= 15 is 0 Å². The number of ether oxygens (including phenoxy) is 3. The zero-order chi connectivity index (χ0) is 26.0. The van der Waals surface area contributed by atoms with Crippen molar-refractivity contribution in [2.24, 2.45) is 0 Å². The molecular weight excluding hydrogens is 480 g/mol. The average molecular weight is 513 g/mol. The summed E-state index contributed by atoms with van der Waals surface area (Å²) in [5, 5.41) is 2.86. The first-order chi connectivity index (χ1) is 17.4. The van der Waals surface area contributed by atoms with E-state index in [9.17, 15) is 13.2 Å². The van der Waals surface area contributed by atoms with E-state index in [4.69, 9.17) is 14.2 Å². The number of carbonyl (C=O) groups is 1. The van der Waals surface area contributed by atoms with E-state index in [1.807, 2.05) is 49.4 Å². The Morgan fingerprint density at radius 1 is 0.889 bits per heavy atom. The Labute approximate surface area is 212 Å². The van der Waals surface area contributed by atoms with Crippen LogP contribution in [0.5, 0.6) is 17.2 Å². The fraction of sp³-hybridized carbons (Fsp3) is 0.296. The van der Waals surface area contributed by atoms with Crippen LogP contribution >= 0.6 is 0 Å². The summed E-state index contributed by atoms with van der Waals surface area (Å²) in [5.74, 6) is 1.39. The van der Waals surface area contributed by atoms with Crippen molar-refractivity contribution in [1.29, 1.82) is 0 Å². The number of hydrogen-bond acceptors (Lipinski definition) is 6. The minimum atomic E-state index is -3.95. The first-order valence-electron chi connectivity index (χ1n) is 11.6. The van der Waals surface area contributed by atoms with E-state index in [2.05, 4.69) is 10.0 Å². The molecule has 2 N–H and O–H groups in total. The van der Waals surface area contributed by atoms with Gasteiger partial charge in [0.1, 0.15) is 11.8 Å². The normalized spacial score (nSPS) is 12.0. The second-order valence-corrected chi connectivity index (χ2v) is 9.71. The molecule has 3 rings (SSSR count). The molecule has 8 nitrogen and oxygen atoms in total. The van der Waals surface area contributed by atoms with Gasteiger partial charge in [0.2, 0.25) is 15.9 Å².